The second-order valence-electron chi connectivity index (χ2n) is 26.3. The SMILES string of the molecule is CNc1ncc(-c2ccc3c(n2)[nH]c2ccncc23)cn1.CNc1ncc(-c2ccc3c4cnccc4n(COCC[Si](C)(C)C)c3n2)cn1.CNc1ncc(B2OC(C)(C)C(C)(C)O2)cn1.CNc1ncc(Br)cn1.C[Si](C)(C)CCOCn1c2ccncc2c2ccc(Cl)nc21. The molecule has 30 heteroatoms. The van der Waals surface area contributed by atoms with Crippen molar-refractivity contribution in [1.82, 2.24) is 83.9 Å². The van der Waals surface area contributed by atoms with E-state index in [0.29, 0.717) is 42.4 Å². The van der Waals surface area contributed by atoms with Gasteiger partial charge in [0.2, 0.25) is 23.8 Å². The van der Waals surface area contributed by atoms with E-state index in [0.717, 1.165) is 124 Å². The fourth-order valence-electron chi connectivity index (χ4n) is 10.1. The minimum absolute atomic E-state index is 0.334. The Morgan fingerprint density at radius 2 is 0.898 bits per heavy atom. The Labute approximate surface area is 585 Å². The van der Waals surface area contributed by atoms with Crippen LogP contribution in [0.25, 0.3) is 88.3 Å². The van der Waals surface area contributed by atoms with E-state index in [2.05, 4.69) is 161 Å². The number of nitrogens with one attached hydrogen (secondary N) is 5. The van der Waals surface area contributed by atoms with Crippen molar-refractivity contribution in [3.05, 3.63) is 151 Å². The Morgan fingerprint density at radius 3 is 1.37 bits per heavy atom. The number of ether oxygens (including phenoxy) is 2. The maximum atomic E-state index is 6.06. The summed E-state index contributed by atoms with van der Waals surface area (Å²) in [5.74, 6) is 2.41. The van der Waals surface area contributed by atoms with E-state index in [4.69, 9.17) is 35.4 Å². The summed E-state index contributed by atoms with van der Waals surface area (Å²) in [6, 6.07) is 20.2. The van der Waals surface area contributed by atoms with Gasteiger partial charge >= 0.3 is 7.12 Å². The van der Waals surface area contributed by atoms with Gasteiger partial charge in [0.25, 0.3) is 0 Å². The number of anilines is 4. The number of hydrogen-bond donors (Lipinski definition) is 5. The van der Waals surface area contributed by atoms with Gasteiger partial charge in [-0.3, -0.25) is 15.0 Å². The van der Waals surface area contributed by atoms with Crippen molar-refractivity contribution in [2.24, 2.45) is 0 Å². The Morgan fingerprint density at radius 1 is 0.490 bits per heavy atom. The monoisotopic (exact) mass is 1440 g/mol. The van der Waals surface area contributed by atoms with Crippen molar-refractivity contribution < 1.29 is 18.8 Å². The summed E-state index contributed by atoms with van der Waals surface area (Å²) in [6.07, 6.45) is 24.9. The standard InChI is InChI=1S/C21H26N6OSi.C16H20ClN3OSi.C15H12N6.C11H18BN3O2.C5H6BrN3/c1-22-21-24-11-15(12-25-21)18-6-5-16-17-13-23-8-7-19(17)27(20(16)26-18)14-28-9-10-29(2,3)4;1-22(2,3)9-8-21-11-20-14-6-7-18-10-13(14)12-4-5-15(17)19-16(12)20;1-16-15-18-6-9(7-19-15)12-3-2-10-11-8-17-5-4-13(11)21-14(10)20-12;1-10(2)11(3,4)17-12(16-10)8-6-14-9(13-5)15-7-8;1-7-5-8-2-4(6)3-9-5/h5-8,11-13H,9-10,14H2,1-4H3,(H,22,24,25);4-7,10H,8-9,11H2,1-3H3;2-8H,1H3,(H,20,21)(H,16,18,19);6-7H,1-5H3,(H,13,14,15);2-3H,1H3,(H,7,8,9). The van der Waals surface area contributed by atoms with Crippen LogP contribution in [-0.4, -0.2) is 160 Å². The van der Waals surface area contributed by atoms with Crippen LogP contribution in [0.3, 0.4) is 0 Å². The molecule has 98 heavy (non-hydrogen) atoms. The number of halogens is 2. The maximum Gasteiger partial charge on any atom is 0.498 e. The highest BCUT2D eigenvalue weighted by Crippen LogP contribution is 2.37. The normalized spacial score (nSPS) is 13.3. The van der Waals surface area contributed by atoms with Crippen molar-refractivity contribution in [3.8, 4) is 22.5 Å². The van der Waals surface area contributed by atoms with Crippen LogP contribution < -0.4 is 26.7 Å². The number of H-pyrrole nitrogens is 1. The first kappa shape index (κ1) is 71.7. The number of fused-ring (bicyclic) bond motifs is 9. The summed E-state index contributed by atoms with van der Waals surface area (Å²) in [5.41, 5.74) is 9.36. The predicted octanol–water partition coefficient (Wildman–Crippen LogP) is 13.7. The van der Waals surface area contributed by atoms with E-state index in [-0.39, 0.29) is 11.2 Å². The number of aromatic nitrogens is 17. The quantitative estimate of drug-likeness (QED) is 0.0321. The number of nitrogens with zero attached hydrogens (tertiary/aromatic N) is 16. The Bertz CT molecular complexity index is 4770. The molecule has 1 aliphatic rings. The maximum absolute atomic E-state index is 6.06. The lowest BCUT2D eigenvalue weighted by molar-refractivity contribution is 0.00578. The topological polar surface area (TPSA) is 291 Å². The summed E-state index contributed by atoms with van der Waals surface area (Å²) >= 11 is 9.29. The van der Waals surface area contributed by atoms with Crippen LogP contribution in [0.4, 0.5) is 23.8 Å². The first-order valence-electron chi connectivity index (χ1n) is 32.0. The van der Waals surface area contributed by atoms with Gasteiger partial charge < -0.3 is 54.2 Å². The smallest absolute Gasteiger partial charge is 0.399 e. The number of pyridine rings is 6. The molecule has 0 saturated carbocycles. The second kappa shape index (κ2) is 31.6. The average Bonchev–Trinajstić information content (AvgIpc) is 1.08. The summed E-state index contributed by atoms with van der Waals surface area (Å²) in [7, 11) is 4.55. The molecule has 13 aromatic rings. The minimum atomic E-state index is -1.13. The third-order valence-corrected chi connectivity index (χ3v) is 20.3. The molecule has 508 valence electrons. The zero-order chi connectivity index (χ0) is 69.8. The van der Waals surface area contributed by atoms with Gasteiger partial charge in [-0.1, -0.05) is 50.9 Å². The van der Waals surface area contributed by atoms with E-state index in [9.17, 15) is 0 Å². The lowest BCUT2D eigenvalue weighted by atomic mass is 9.81. The van der Waals surface area contributed by atoms with Gasteiger partial charge in [0.15, 0.2) is 0 Å². The molecular weight excluding hydrogens is 1360 g/mol. The fourth-order valence-corrected chi connectivity index (χ4v) is 11.9. The molecule has 0 bridgehead atoms. The second-order valence-corrected chi connectivity index (χ2v) is 38.8. The van der Waals surface area contributed by atoms with E-state index in [1.54, 1.807) is 90.2 Å². The highest BCUT2D eigenvalue weighted by molar-refractivity contribution is 9.10. The molecular formula is C68H82BBrClN21O4Si2. The molecule has 14 heterocycles. The molecule has 13 aromatic heterocycles. The summed E-state index contributed by atoms with van der Waals surface area (Å²) in [5, 5.41) is 18.4. The van der Waals surface area contributed by atoms with Crippen molar-refractivity contribution in [2.45, 2.75) is 104 Å². The van der Waals surface area contributed by atoms with Crippen LogP contribution in [0.15, 0.2) is 146 Å². The lowest BCUT2D eigenvalue weighted by Crippen LogP contribution is -2.41. The Hall–Kier alpha value is -9.07. The predicted molar refractivity (Wildman–Crippen MR) is 402 cm³/mol. The lowest BCUT2D eigenvalue weighted by Gasteiger charge is -2.32. The molecule has 0 spiro atoms. The molecule has 0 amide bonds. The third-order valence-electron chi connectivity index (χ3n) is 16.3. The molecule has 0 atom stereocenters. The zero-order valence-electron chi connectivity index (χ0n) is 57.6. The van der Waals surface area contributed by atoms with E-state index in [1.807, 2.05) is 101 Å². The summed E-state index contributed by atoms with van der Waals surface area (Å²) < 4.78 is 28.8. The van der Waals surface area contributed by atoms with Gasteiger partial charge in [-0.05, 0) is 110 Å². The largest absolute Gasteiger partial charge is 0.498 e. The average molecular weight is 1440 g/mol. The van der Waals surface area contributed by atoms with E-state index >= 15 is 0 Å². The van der Waals surface area contributed by atoms with Gasteiger partial charge in [-0.15, -0.1) is 0 Å². The van der Waals surface area contributed by atoms with Crippen LogP contribution in [0, 0.1) is 0 Å². The third kappa shape index (κ3) is 17.8. The van der Waals surface area contributed by atoms with E-state index in [1.165, 1.54) is 0 Å². The fraction of sp³-hybridized carbons (Fsp3) is 0.324. The molecule has 1 fully saturated rings. The van der Waals surface area contributed by atoms with Crippen LogP contribution >= 0.6 is 27.5 Å². The molecule has 25 nitrogen and oxygen atoms in total. The molecule has 5 N–H and O–H groups in total. The van der Waals surface area contributed by atoms with Crippen LogP contribution in [0.1, 0.15) is 27.7 Å². The van der Waals surface area contributed by atoms with Gasteiger partial charge in [-0.2, -0.15) is 0 Å². The summed E-state index contributed by atoms with van der Waals surface area (Å²) in [6.45, 7) is 24.7. The Kier molecular flexibility index (Phi) is 23.1. The van der Waals surface area contributed by atoms with Crippen LogP contribution in [0.5, 0.6) is 0 Å². The van der Waals surface area contributed by atoms with Gasteiger partial charge in [0, 0.05) is 193 Å². The van der Waals surface area contributed by atoms with Gasteiger partial charge in [0.1, 0.15) is 35.6 Å². The van der Waals surface area contributed by atoms with Crippen molar-refractivity contribution in [2.75, 3.05) is 62.7 Å². The molecule has 1 saturated heterocycles. The number of rotatable bonds is 17. The first-order valence-corrected chi connectivity index (χ1v) is 40.5. The van der Waals surface area contributed by atoms with Crippen molar-refractivity contribution in [1.29, 1.82) is 0 Å². The highest BCUT2D eigenvalue weighted by atomic mass is 79.9. The van der Waals surface area contributed by atoms with Crippen LogP contribution in [0.2, 0.25) is 56.5 Å². The molecule has 14 rings (SSSR count). The number of hydrogen-bond acceptors (Lipinski definition) is 22. The Balaban J connectivity index is 0.000000138. The van der Waals surface area contributed by atoms with Crippen molar-refractivity contribution >= 4 is 146 Å². The van der Waals surface area contributed by atoms with E-state index < -0.39 is 23.3 Å². The van der Waals surface area contributed by atoms with Crippen LogP contribution in [-0.2, 0) is 32.2 Å². The molecule has 0 aromatic carbocycles. The van der Waals surface area contributed by atoms with Crippen molar-refractivity contribution in [3.63, 3.8) is 0 Å². The molecule has 0 unspecified atom stereocenters. The molecule has 1 aliphatic heterocycles. The minimum Gasteiger partial charge on any atom is -0.399 e. The van der Waals surface area contributed by atoms with Gasteiger partial charge in [0.05, 0.1) is 43.6 Å². The zero-order valence-corrected chi connectivity index (χ0v) is 62.0. The first-order chi connectivity index (χ1) is 46.9. The number of aromatic amines is 1. The highest BCUT2D eigenvalue weighted by Gasteiger charge is 2.52. The van der Waals surface area contributed by atoms with Gasteiger partial charge in [-0.25, -0.2) is 54.8 Å². The summed E-state index contributed by atoms with van der Waals surface area (Å²) in [4.78, 5) is 63.2. The molecule has 0 aliphatic carbocycles. The molecule has 0 radical (unpaired) electrons.